The van der Waals surface area contributed by atoms with Crippen molar-refractivity contribution in [3.8, 4) is 0 Å². The maximum atomic E-state index is 5.62. The average molecular weight is 277 g/mol. The first-order valence-corrected chi connectivity index (χ1v) is 7.80. The largest absolute Gasteiger partial charge is 0.375 e. The van der Waals surface area contributed by atoms with Crippen molar-refractivity contribution in [2.24, 2.45) is 0 Å². The van der Waals surface area contributed by atoms with Crippen molar-refractivity contribution in [1.29, 1.82) is 0 Å². The summed E-state index contributed by atoms with van der Waals surface area (Å²) >= 11 is 0. The number of morpholine rings is 1. The van der Waals surface area contributed by atoms with Gasteiger partial charge in [-0.25, -0.2) is 4.98 Å². The van der Waals surface area contributed by atoms with Crippen LogP contribution in [0.15, 0.2) is 12.1 Å². The van der Waals surface area contributed by atoms with Gasteiger partial charge in [0.1, 0.15) is 5.82 Å². The molecule has 1 aromatic rings. The van der Waals surface area contributed by atoms with Crippen molar-refractivity contribution in [1.82, 2.24) is 10.3 Å². The summed E-state index contributed by atoms with van der Waals surface area (Å²) in [5.41, 5.74) is 2.54. The third-order valence-corrected chi connectivity index (χ3v) is 3.57. The molecule has 0 radical (unpaired) electrons. The molecule has 1 atom stereocenters. The monoisotopic (exact) mass is 277 g/mol. The van der Waals surface area contributed by atoms with E-state index in [4.69, 9.17) is 9.72 Å². The van der Waals surface area contributed by atoms with E-state index in [1.54, 1.807) is 0 Å². The molecule has 2 heterocycles. The maximum absolute atomic E-state index is 5.62. The second-order valence-corrected chi connectivity index (χ2v) is 5.48. The molecule has 0 amide bonds. The molecule has 1 aromatic heterocycles. The van der Waals surface area contributed by atoms with Crippen molar-refractivity contribution in [2.75, 3.05) is 31.1 Å². The Hall–Kier alpha value is -1.13. The molecule has 1 unspecified atom stereocenters. The Kier molecular flexibility index (Phi) is 5.80. The highest BCUT2D eigenvalue weighted by Crippen LogP contribution is 2.19. The van der Waals surface area contributed by atoms with E-state index in [1.807, 2.05) is 0 Å². The van der Waals surface area contributed by atoms with Gasteiger partial charge in [0.05, 0.1) is 12.7 Å². The first kappa shape index (κ1) is 15.3. The number of hydrogen-bond donors (Lipinski definition) is 1. The molecule has 0 aliphatic carbocycles. The van der Waals surface area contributed by atoms with Crippen LogP contribution in [0.25, 0.3) is 0 Å². The lowest BCUT2D eigenvalue weighted by Crippen LogP contribution is -2.41. The Balaban J connectivity index is 2.18. The number of aromatic nitrogens is 1. The highest BCUT2D eigenvalue weighted by Gasteiger charge is 2.18. The molecule has 0 aromatic carbocycles. The third kappa shape index (κ3) is 4.18. The number of pyridine rings is 1. The minimum Gasteiger partial charge on any atom is -0.375 e. The van der Waals surface area contributed by atoms with Crippen molar-refractivity contribution in [2.45, 2.75) is 46.3 Å². The number of aryl methyl sites for hydroxylation is 1. The summed E-state index contributed by atoms with van der Waals surface area (Å²) in [5, 5.41) is 3.40. The molecule has 1 saturated heterocycles. The first-order valence-electron chi connectivity index (χ1n) is 7.80. The number of anilines is 1. The van der Waals surface area contributed by atoms with Crippen molar-refractivity contribution >= 4 is 5.82 Å². The predicted octanol–water partition coefficient (Wildman–Crippen LogP) is 2.37. The lowest BCUT2D eigenvalue weighted by atomic mass is 10.1. The highest BCUT2D eigenvalue weighted by atomic mass is 16.5. The summed E-state index contributed by atoms with van der Waals surface area (Å²) < 4.78 is 5.62. The summed E-state index contributed by atoms with van der Waals surface area (Å²) in [5.74, 6) is 1.11. The van der Waals surface area contributed by atoms with Crippen LogP contribution in [0.3, 0.4) is 0 Å². The quantitative estimate of drug-likeness (QED) is 0.866. The SMILES string of the molecule is CCCc1cc(CNCC)cc(N2CCOC(C)C2)n1. The van der Waals surface area contributed by atoms with Gasteiger partial charge >= 0.3 is 0 Å². The molecule has 0 bridgehead atoms. The van der Waals surface area contributed by atoms with E-state index in [1.165, 1.54) is 11.3 Å². The molecular formula is C16H27N3O. The number of rotatable bonds is 6. The molecule has 2 rings (SSSR count). The van der Waals surface area contributed by atoms with Gasteiger partial charge in [-0.15, -0.1) is 0 Å². The smallest absolute Gasteiger partial charge is 0.129 e. The van der Waals surface area contributed by atoms with Crippen LogP contribution in [-0.2, 0) is 17.7 Å². The number of hydrogen-bond acceptors (Lipinski definition) is 4. The van der Waals surface area contributed by atoms with Gasteiger partial charge in [-0.2, -0.15) is 0 Å². The Bertz CT molecular complexity index is 422. The van der Waals surface area contributed by atoms with Crippen LogP contribution < -0.4 is 10.2 Å². The van der Waals surface area contributed by atoms with E-state index < -0.39 is 0 Å². The second-order valence-electron chi connectivity index (χ2n) is 5.48. The molecule has 112 valence electrons. The van der Waals surface area contributed by atoms with Gasteiger partial charge in [-0.05, 0) is 37.6 Å². The number of ether oxygens (including phenoxy) is 1. The summed E-state index contributed by atoms with van der Waals surface area (Å²) in [4.78, 5) is 7.18. The van der Waals surface area contributed by atoms with Crippen LogP contribution >= 0.6 is 0 Å². The summed E-state index contributed by atoms with van der Waals surface area (Å²) in [6.07, 6.45) is 2.47. The van der Waals surface area contributed by atoms with E-state index >= 15 is 0 Å². The Morgan fingerprint density at radius 3 is 2.95 bits per heavy atom. The molecule has 20 heavy (non-hydrogen) atoms. The zero-order valence-electron chi connectivity index (χ0n) is 13.0. The Labute approximate surface area is 122 Å². The molecular weight excluding hydrogens is 250 g/mol. The maximum Gasteiger partial charge on any atom is 0.129 e. The van der Waals surface area contributed by atoms with E-state index in [0.29, 0.717) is 0 Å². The summed E-state index contributed by atoms with van der Waals surface area (Å²) in [6.45, 7) is 11.0. The normalized spacial score (nSPS) is 19.4. The van der Waals surface area contributed by atoms with Crippen LogP contribution in [0.1, 0.15) is 38.4 Å². The van der Waals surface area contributed by atoms with Gasteiger partial charge in [0.25, 0.3) is 0 Å². The average Bonchev–Trinajstić information content (AvgIpc) is 2.45. The number of nitrogens with zero attached hydrogens (tertiary/aromatic N) is 2. The highest BCUT2D eigenvalue weighted by molar-refractivity contribution is 5.43. The van der Waals surface area contributed by atoms with E-state index in [0.717, 1.165) is 51.4 Å². The first-order chi connectivity index (χ1) is 9.72. The minimum absolute atomic E-state index is 0.289. The van der Waals surface area contributed by atoms with Crippen molar-refractivity contribution in [3.05, 3.63) is 23.4 Å². The summed E-state index contributed by atoms with van der Waals surface area (Å²) in [7, 11) is 0. The van der Waals surface area contributed by atoms with Gasteiger partial charge in [-0.1, -0.05) is 20.3 Å². The van der Waals surface area contributed by atoms with Gasteiger partial charge in [-0.3, -0.25) is 0 Å². The van der Waals surface area contributed by atoms with Crippen LogP contribution in [0.4, 0.5) is 5.82 Å². The molecule has 1 aliphatic rings. The van der Waals surface area contributed by atoms with Crippen LogP contribution in [0.5, 0.6) is 0 Å². The van der Waals surface area contributed by atoms with Gasteiger partial charge in [0.15, 0.2) is 0 Å². The zero-order chi connectivity index (χ0) is 14.4. The van der Waals surface area contributed by atoms with E-state index in [-0.39, 0.29) is 6.10 Å². The summed E-state index contributed by atoms with van der Waals surface area (Å²) in [6, 6.07) is 4.46. The zero-order valence-corrected chi connectivity index (χ0v) is 13.0. The van der Waals surface area contributed by atoms with Crippen molar-refractivity contribution < 1.29 is 4.74 Å². The fourth-order valence-electron chi connectivity index (χ4n) is 2.58. The van der Waals surface area contributed by atoms with Crippen molar-refractivity contribution in [3.63, 3.8) is 0 Å². The predicted molar refractivity (Wildman–Crippen MR) is 83.2 cm³/mol. The minimum atomic E-state index is 0.289. The molecule has 1 aliphatic heterocycles. The van der Waals surface area contributed by atoms with E-state index in [2.05, 4.69) is 43.1 Å². The molecule has 0 spiro atoms. The molecule has 4 nitrogen and oxygen atoms in total. The molecule has 0 saturated carbocycles. The standard InChI is InChI=1S/C16H27N3O/c1-4-6-15-9-14(11-17-5-2)10-16(18-15)19-7-8-20-13(3)12-19/h9-10,13,17H,4-8,11-12H2,1-3H3. The second kappa shape index (κ2) is 7.60. The fraction of sp³-hybridized carbons (Fsp3) is 0.688. The lowest BCUT2D eigenvalue weighted by molar-refractivity contribution is 0.0529. The van der Waals surface area contributed by atoms with E-state index in [9.17, 15) is 0 Å². The van der Waals surface area contributed by atoms with Gasteiger partial charge in [0.2, 0.25) is 0 Å². The Morgan fingerprint density at radius 2 is 2.25 bits per heavy atom. The van der Waals surface area contributed by atoms with Gasteiger partial charge < -0.3 is 15.0 Å². The number of nitrogens with one attached hydrogen (secondary N) is 1. The lowest BCUT2D eigenvalue weighted by Gasteiger charge is -2.32. The van der Waals surface area contributed by atoms with Crippen LogP contribution in [0, 0.1) is 0 Å². The fourth-order valence-corrected chi connectivity index (χ4v) is 2.58. The third-order valence-electron chi connectivity index (χ3n) is 3.57. The van der Waals surface area contributed by atoms with Crippen LogP contribution in [-0.4, -0.2) is 37.3 Å². The molecule has 1 N–H and O–H groups in total. The van der Waals surface area contributed by atoms with Crippen LogP contribution in [0.2, 0.25) is 0 Å². The van der Waals surface area contributed by atoms with Gasteiger partial charge in [0, 0.05) is 25.3 Å². The molecule has 4 heteroatoms. The topological polar surface area (TPSA) is 37.4 Å². The Morgan fingerprint density at radius 1 is 1.40 bits per heavy atom. The molecule has 1 fully saturated rings.